The first-order valence-corrected chi connectivity index (χ1v) is 7.20. The molecule has 0 saturated carbocycles. The highest BCUT2D eigenvalue weighted by molar-refractivity contribution is 7.98. The Balaban J connectivity index is 2.30. The van der Waals surface area contributed by atoms with E-state index in [-0.39, 0.29) is 0 Å². The van der Waals surface area contributed by atoms with Gasteiger partial charge in [-0.3, -0.25) is 5.43 Å². The zero-order chi connectivity index (χ0) is 12.5. The quantitative estimate of drug-likeness (QED) is 0.375. The Morgan fingerprint density at radius 2 is 2.18 bits per heavy atom. The number of aryl methyl sites for hydroxylation is 1. The van der Waals surface area contributed by atoms with E-state index in [1.807, 2.05) is 18.7 Å². The Bertz CT molecular complexity index is 332. The van der Waals surface area contributed by atoms with Crippen LogP contribution in [-0.2, 0) is 0 Å². The van der Waals surface area contributed by atoms with Gasteiger partial charge in [-0.05, 0) is 31.8 Å². The largest absolute Gasteiger partial charge is 0.370 e. The summed E-state index contributed by atoms with van der Waals surface area (Å²) < 4.78 is 0. The van der Waals surface area contributed by atoms with Crippen molar-refractivity contribution in [1.82, 2.24) is 9.97 Å². The molecule has 0 fully saturated rings. The molecule has 1 heterocycles. The Kier molecular flexibility index (Phi) is 6.73. The molecule has 0 atom stereocenters. The molecule has 0 aliphatic carbocycles. The molecule has 17 heavy (non-hydrogen) atoms. The number of nitrogens with one attached hydrogen (secondary N) is 2. The van der Waals surface area contributed by atoms with Crippen LogP contribution in [0.25, 0.3) is 0 Å². The van der Waals surface area contributed by atoms with Crippen molar-refractivity contribution < 1.29 is 0 Å². The second-order valence-electron chi connectivity index (χ2n) is 3.85. The number of unbranched alkanes of at least 4 members (excludes halogenated alkanes) is 2. The smallest absolute Gasteiger partial charge is 0.239 e. The summed E-state index contributed by atoms with van der Waals surface area (Å²) in [5.74, 6) is 7.82. The molecular weight excluding hydrogens is 234 g/mol. The van der Waals surface area contributed by atoms with Gasteiger partial charge >= 0.3 is 0 Å². The van der Waals surface area contributed by atoms with Gasteiger partial charge in [0.1, 0.15) is 5.82 Å². The Labute approximate surface area is 107 Å². The van der Waals surface area contributed by atoms with Crippen molar-refractivity contribution in [2.45, 2.75) is 26.2 Å². The van der Waals surface area contributed by atoms with E-state index in [0.717, 1.165) is 24.3 Å². The summed E-state index contributed by atoms with van der Waals surface area (Å²) in [6, 6.07) is 0. The van der Waals surface area contributed by atoms with Crippen LogP contribution in [0.4, 0.5) is 11.8 Å². The van der Waals surface area contributed by atoms with E-state index in [9.17, 15) is 0 Å². The first-order chi connectivity index (χ1) is 8.27. The highest BCUT2D eigenvalue weighted by atomic mass is 32.2. The molecule has 0 unspecified atom stereocenters. The zero-order valence-electron chi connectivity index (χ0n) is 10.5. The molecule has 0 radical (unpaired) electrons. The van der Waals surface area contributed by atoms with Crippen molar-refractivity contribution in [3.05, 3.63) is 11.8 Å². The molecule has 5 nitrogen and oxygen atoms in total. The van der Waals surface area contributed by atoms with Crippen molar-refractivity contribution in [1.29, 1.82) is 0 Å². The minimum absolute atomic E-state index is 0.445. The molecule has 0 aromatic carbocycles. The lowest BCUT2D eigenvalue weighted by atomic mass is 10.2. The van der Waals surface area contributed by atoms with Gasteiger partial charge in [0.15, 0.2) is 0 Å². The van der Waals surface area contributed by atoms with Crippen LogP contribution in [0.2, 0.25) is 0 Å². The summed E-state index contributed by atoms with van der Waals surface area (Å²) in [5.41, 5.74) is 3.48. The van der Waals surface area contributed by atoms with Gasteiger partial charge in [0.25, 0.3) is 0 Å². The van der Waals surface area contributed by atoms with Gasteiger partial charge in [0, 0.05) is 18.3 Å². The molecule has 0 bridgehead atoms. The lowest BCUT2D eigenvalue weighted by Crippen LogP contribution is -2.13. The van der Waals surface area contributed by atoms with Crippen LogP contribution < -0.4 is 16.6 Å². The third-order valence-corrected chi connectivity index (χ3v) is 3.12. The summed E-state index contributed by atoms with van der Waals surface area (Å²) in [4.78, 5) is 8.30. The molecule has 1 aromatic heterocycles. The normalized spacial score (nSPS) is 10.3. The van der Waals surface area contributed by atoms with E-state index < -0.39 is 0 Å². The van der Waals surface area contributed by atoms with Crippen LogP contribution in [0.5, 0.6) is 0 Å². The number of hydrogen-bond donors (Lipinski definition) is 3. The van der Waals surface area contributed by atoms with E-state index in [1.165, 1.54) is 18.6 Å². The fraction of sp³-hybridized carbons (Fsp3) is 0.636. The third-order valence-electron chi connectivity index (χ3n) is 2.42. The van der Waals surface area contributed by atoms with Gasteiger partial charge in [-0.2, -0.15) is 16.7 Å². The average molecular weight is 255 g/mol. The number of rotatable bonds is 8. The van der Waals surface area contributed by atoms with Gasteiger partial charge in [-0.1, -0.05) is 6.42 Å². The summed E-state index contributed by atoms with van der Waals surface area (Å²) in [5, 5.41) is 3.31. The Hall–Kier alpha value is -1.01. The zero-order valence-corrected chi connectivity index (χ0v) is 11.3. The number of hydrogen-bond acceptors (Lipinski definition) is 6. The van der Waals surface area contributed by atoms with Crippen molar-refractivity contribution in [3.8, 4) is 0 Å². The van der Waals surface area contributed by atoms with E-state index in [4.69, 9.17) is 5.84 Å². The van der Waals surface area contributed by atoms with Crippen LogP contribution in [0.15, 0.2) is 6.20 Å². The van der Waals surface area contributed by atoms with Crippen LogP contribution in [0.1, 0.15) is 24.8 Å². The first-order valence-electron chi connectivity index (χ1n) is 5.81. The third kappa shape index (κ3) is 5.23. The number of nitrogen functional groups attached to an aromatic ring is 1. The summed E-state index contributed by atoms with van der Waals surface area (Å²) in [7, 11) is 0. The second kappa shape index (κ2) is 8.14. The molecule has 0 saturated heterocycles. The summed E-state index contributed by atoms with van der Waals surface area (Å²) in [6.45, 7) is 2.92. The van der Waals surface area contributed by atoms with E-state index >= 15 is 0 Å². The van der Waals surface area contributed by atoms with Crippen molar-refractivity contribution in [3.63, 3.8) is 0 Å². The highest BCUT2D eigenvalue weighted by Crippen LogP contribution is 2.12. The van der Waals surface area contributed by atoms with Crippen LogP contribution >= 0.6 is 11.8 Å². The maximum absolute atomic E-state index is 5.27. The van der Waals surface area contributed by atoms with Gasteiger partial charge < -0.3 is 5.32 Å². The number of thioether (sulfide) groups is 1. The Morgan fingerprint density at radius 1 is 1.35 bits per heavy atom. The topological polar surface area (TPSA) is 75.9 Å². The monoisotopic (exact) mass is 255 g/mol. The molecule has 0 aliphatic rings. The molecule has 96 valence electrons. The lowest BCUT2D eigenvalue weighted by Gasteiger charge is -2.09. The summed E-state index contributed by atoms with van der Waals surface area (Å²) >= 11 is 1.90. The molecule has 0 amide bonds. The number of anilines is 2. The Morgan fingerprint density at radius 3 is 2.88 bits per heavy atom. The van der Waals surface area contributed by atoms with Gasteiger partial charge in [0.2, 0.25) is 5.95 Å². The standard InChI is InChI=1S/C11H21N5S/c1-9-8-14-11(16-12)15-10(9)13-6-4-3-5-7-17-2/h8H,3-7,12H2,1-2H3,(H2,13,14,15,16). The fourth-order valence-corrected chi connectivity index (χ4v) is 1.94. The molecule has 1 rings (SSSR count). The van der Waals surface area contributed by atoms with Crippen molar-refractivity contribution >= 4 is 23.5 Å². The minimum Gasteiger partial charge on any atom is -0.370 e. The molecule has 4 N–H and O–H groups in total. The van der Waals surface area contributed by atoms with Crippen LogP contribution in [0.3, 0.4) is 0 Å². The van der Waals surface area contributed by atoms with Crippen molar-refractivity contribution in [2.24, 2.45) is 5.84 Å². The molecule has 1 aromatic rings. The maximum Gasteiger partial charge on any atom is 0.239 e. The van der Waals surface area contributed by atoms with E-state index in [2.05, 4.69) is 27.0 Å². The number of aromatic nitrogens is 2. The second-order valence-corrected chi connectivity index (χ2v) is 4.84. The number of hydrazine groups is 1. The fourth-order valence-electron chi connectivity index (χ4n) is 1.45. The predicted molar refractivity (Wildman–Crippen MR) is 75.3 cm³/mol. The highest BCUT2D eigenvalue weighted by Gasteiger charge is 2.01. The summed E-state index contributed by atoms with van der Waals surface area (Å²) in [6.07, 6.45) is 7.60. The molecule has 0 spiro atoms. The van der Waals surface area contributed by atoms with Crippen LogP contribution in [0, 0.1) is 6.92 Å². The van der Waals surface area contributed by atoms with Crippen LogP contribution in [-0.4, -0.2) is 28.5 Å². The minimum atomic E-state index is 0.445. The predicted octanol–water partition coefficient (Wildman–Crippen LogP) is 2.02. The number of nitrogens with two attached hydrogens (primary N) is 1. The van der Waals surface area contributed by atoms with Gasteiger partial charge in [0.05, 0.1) is 0 Å². The molecule has 6 heteroatoms. The average Bonchev–Trinajstić information content (AvgIpc) is 2.35. The first kappa shape index (κ1) is 14.1. The molecular formula is C11H21N5S. The number of nitrogens with zero attached hydrogens (tertiary/aromatic N) is 2. The van der Waals surface area contributed by atoms with Gasteiger partial charge in [-0.25, -0.2) is 10.8 Å². The van der Waals surface area contributed by atoms with E-state index in [1.54, 1.807) is 6.20 Å². The SMILES string of the molecule is CSCCCCCNc1nc(NN)ncc1C. The molecule has 0 aliphatic heterocycles. The van der Waals surface area contributed by atoms with Crippen molar-refractivity contribution in [2.75, 3.05) is 29.3 Å². The lowest BCUT2D eigenvalue weighted by molar-refractivity contribution is 0.747. The van der Waals surface area contributed by atoms with E-state index in [0.29, 0.717) is 5.95 Å². The maximum atomic E-state index is 5.27. The van der Waals surface area contributed by atoms with Gasteiger partial charge in [-0.15, -0.1) is 0 Å².